The SMILES string of the molecule is CNCCc1nc(Br)c(C(C)(C)C)[nH]1. The highest BCUT2D eigenvalue weighted by atomic mass is 79.9. The lowest BCUT2D eigenvalue weighted by molar-refractivity contribution is 0.567. The number of likely N-dealkylation sites (N-methyl/N-ethyl adjacent to an activating group) is 1. The monoisotopic (exact) mass is 259 g/mol. The summed E-state index contributed by atoms with van der Waals surface area (Å²) in [6.07, 6.45) is 0.936. The van der Waals surface area contributed by atoms with E-state index < -0.39 is 0 Å². The van der Waals surface area contributed by atoms with Gasteiger partial charge >= 0.3 is 0 Å². The van der Waals surface area contributed by atoms with Crippen LogP contribution in [0.2, 0.25) is 0 Å². The molecule has 0 bridgehead atoms. The number of rotatable bonds is 3. The molecule has 1 heterocycles. The Morgan fingerprint density at radius 1 is 1.43 bits per heavy atom. The van der Waals surface area contributed by atoms with Crippen molar-refractivity contribution in [2.24, 2.45) is 0 Å². The Kier molecular flexibility index (Phi) is 3.72. The number of aromatic nitrogens is 2. The van der Waals surface area contributed by atoms with Gasteiger partial charge in [0.05, 0.1) is 5.69 Å². The number of nitrogens with zero attached hydrogens (tertiary/aromatic N) is 1. The van der Waals surface area contributed by atoms with Gasteiger partial charge in [0.1, 0.15) is 10.4 Å². The van der Waals surface area contributed by atoms with E-state index in [2.05, 4.69) is 52.0 Å². The molecule has 2 N–H and O–H groups in total. The second kappa shape index (κ2) is 4.45. The van der Waals surface area contributed by atoms with E-state index >= 15 is 0 Å². The first-order valence-corrected chi connectivity index (χ1v) is 5.64. The summed E-state index contributed by atoms with van der Waals surface area (Å²) in [6, 6.07) is 0. The molecule has 1 aromatic rings. The number of H-pyrrole nitrogens is 1. The first kappa shape index (κ1) is 11.7. The van der Waals surface area contributed by atoms with Gasteiger partial charge in [0.2, 0.25) is 0 Å². The van der Waals surface area contributed by atoms with Crippen LogP contribution >= 0.6 is 15.9 Å². The number of aromatic amines is 1. The summed E-state index contributed by atoms with van der Waals surface area (Å²) in [6.45, 7) is 7.47. The molecule has 0 amide bonds. The maximum absolute atomic E-state index is 4.44. The molecule has 14 heavy (non-hydrogen) atoms. The average Bonchev–Trinajstić information content (AvgIpc) is 2.42. The van der Waals surface area contributed by atoms with E-state index in [9.17, 15) is 0 Å². The van der Waals surface area contributed by atoms with Gasteiger partial charge in [-0.15, -0.1) is 0 Å². The van der Waals surface area contributed by atoms with Gasteiger partial charge in [0, 0.05) is 18.4 Å². The van der Waals surface area contributed by atoms with Crippen molar-refractivity contribution in [1.82, 2.24) is 15.3 Å². The van der Waals surface area contributed by atoms with Crippen LogP contribution < -0.4 is 5.32 Å². The van der Waals surface area contributed by atoms with Gasteiger partial charge in [-0.25, -0.2) is 4.98 Å². The van der Waals surface area contributed by atoms with Gasteiger partial charge in [0.15, 0.2) is 0 Å². The average molecular weight is 260 g/mol. The zero-order valence-corrected chi connectivity index (χ0v) is 10.8. The Bertz CT molecular complexity index is 299. The highest BCUT2D eigenvalue weighted by Crippen LogP contribution is 2.27. The maximum Gasteiger partial charge on any atom is 0.127 e. The highest BCUT2D eigenvalue weighted by Gasteiger charge is 2.20. The van der Waals surface area contributed by atoms with Gasteiger partial charge < -0.3 is 10.3 Å². The minimum Gasteiger partial charge on any atom is -0.344 e. The molecular weight excluding hydrogens is 242 g/mol. The quantitative estimate of drug-likeness (QED) is 0.875. The summed E-state index contributed by atoms with van der Waals surface area (Å²) in [5, 5.41) is 3.11. The molecule has 0 aliphatic heterocycles. The Morgan fingerprint density at radius 2 is 2.07 bits per heavy atom. The molecule has 0 radical (unpaired) electrons. The molecule has 0 saturated heterocycles. The van der Waals surface area contributed by atoms with E-state index in [1.807, 2.05) is 7.05 Å². The van der Waals surface area contributed by atoms with Crippen LogP contribution in [-0.2, 0) is 11.8 Å². The van der Waals surface area contributed by atoms with Crippen molar-refractivity contribution in [1.29, 1.82) is 0 Å². The Morgan fingerprint density at radius 3 is 2.50 bits per heavy atom. The number of hydrogen-bond acceptors (Lipinski definition) is 2. The standard InChI is InChI=1S/C10H18BrN3/c1-10(2,3)8-9(11)14-7(13-8)5-6-12-4/h12H,5-6H2,1-4H3,(H,13,14). The molecule has 3 nitrogen and oxygen atoms in total. The highest BCUT2D eigenvalue weighted by molar-refractivity contribution is 9.10. The van der Waals surface area contributed by atoms with Crippen molar-refractivity contribution in [2.75, 3.05) is 13.6 Å². The molecule has 0 aromatic carbocycles. The fourth-order valence-electron chi connectivity index (χ4n) is 1.26. The summed E-state index contributed by atoms with van der Waals surface area (Å²) < 4.78 is 0.941. The van der Waals surface area contributed by atoms with Gasteiger partial charge in [0.25, 0.3) is 0 Å². The van der Waals surface area contributed by atoms with Crippen LogP contribution in [0.15, 0.2) is 4.60 Å². The molecule has 0 atom stereocenters. The lowest BCUT2D eigenvalue weighted by Gasteiger charge is -2.16. The topological polar surface area (TPSA) is 40.7 Å². The molecule has 0 saturated carbocycles. The van der Waals surface area contributed by atoms with Crippen LogP contribution in [0.4, 0.5) is 0 Å². The van der Waals surface area contributed by atoms with E-state index in [-0.39, 0.29) is 5.41 Å². The second-order valence-corrected chi connectivity index (χ2v) is 5.20. The van der Waals surface area contributed by atoms with Gasteiger partial charge in [-0.05, 0) is 23.0 Å². The molecule has 4 heteroatoms. The number of nitrogens with one attached hydrogen (secondary N) is 2. The Balaban J connectivity index is 2.83. The molecule has 80 valence electrons. The number of imidazole rings is 1. The smallest absolute Gasteiger partial charge is 0.127 e. The fourth-order valence-corrected chi connectivity index (χ4v) is 2.16. The summed E-state index contributed by atoms with van der Waals surface area (Å²) in [7, 11) is 1.95. The summed E-state index contributed by atoms with van der Waals surface area (Å²) in [4.78, 5) is 7.79. The fraction of sp³-hybridized carbons (Fsp3) is 0.700. The van der Waals surface area contributed by atoms with Crippen molar-refractivity contribution in [3.63, 3.8) is 0 Å². The molecular formula is C10H18BrN3. The van der Waals surface area contributed by atoms with Crippen molar-refractivity contribution < 1.29 is 0 Å². The van der Waals surface area contributed by atoms with Crippen molar-refractivity contribution in [3.05, 3.63) is 16.1 Å². The van der Waals surface area contributed by atoms with E-state index in [0.717, 1.165) is 23.4 Å². The first-order chi connectivity index (χ1) is 6.45. The summed E-state index contributed by atoms with van der Waals surface area (Å²) in [5.74, 6) is 1.04. The van der Waals surface area contributed by atoms with Crippen LogP contribution in [0.3, 0.4) is 0 Å². The van der Waals surface area contributed by atoms with Crippen LogP contribution in [0, 0.1) is 0 Å². The molecule has 0 aliphatic rings. The Hall–Kier alpha value is -0.350. The third-order valence-electron chi connectivity index (χ3n) is 2.07. The zero-order chi connectivity index (χ0) is 10.8. The van der Waals surface area contributed by atoms with E-state index in [4.69, 9.17) is 0 Å². The summed E-state index contributed by atoms with van der Waals surface area (Å²) >= 11 is 3.48. The predicted octanol–water partition coefficient (Wildman–Crippen LogP) is 2.23. The van der Waals surface area contributed by atoms with Crippen LogP contribution in [-0.4, -0.2) is 23.6 Å². The lowest BCUT2D eigenvalue weighted by atomic mass is 9.93. The van der Waals surface area contributed by atoms with Gasteiger partial charge in [-0.1, -0.05) is 20.8 Å². The third-order valence-corrected chi connectivity index (χ3v) is 2.64. The van der Waals surface area contributed by atoms with Crippen molar-refractivity contribution in [2.45, 2.75) is 32.6 Å². The van der Waals surface area contributed by atoms with Crippen molar-refractivity contribution in [3.8, 4) is 0 Å². The molecule has 0 unspecified atom stereocenters. The van der Waals surface area contributed by atoms with E-state index in [1.54, 1.807) is 0 Å². The summed E-state index contributed by atoms with van der Waals surface area (Å²) in [5.41, 5.74) is 1.28. The Labute approximate surface area is 93.8 Å². The minimum absolute atomic E-state index is 0.115. The molecule has 0 fully saturated rings. The van der Waals surface area contributed by atoms with E-state index in [1.165, 1.54) is 5.69 Å². The third kappa shape index (κ3) is 2.82. The molecule has 0 aliphatic carbocycles. The van der Waals surface area contributed by atoms with Gasteiger partial charge in [-0.3, -0.25) is 0 Å². The maximum atomic E-state index is 4.44. The van der Waals surface area contributed by atoms with E-state index in [0.29, 0.717) is 0 Å². The van der Waals surface area contributed by atoms with Gasteiger partial charge in [-0.2, -0.15) is 0 Å². The normalized spacial score (nSPS) is 12.1. The lowest BCUT2D eigenvalue weighted by Crippen LogP contribution is -2.13. The molecule has 1 aromatic heterocycles. The largest absolute Gasteiger partial charge is 0.344 e. The molecule has 1 rings (SSSR count). The number of hydrogen-bond donors (Lipinski definition) is 2. The first-order valence-electron chi connectivity index (χ1n) is 4.84. The van der Waals surface area contributed by atoms with Crippen LogP contribution in [0.1, 0.15) is 32.3 Å². The van der Waals surface area contributed by atoms with Crippen molar-refractivity contribution >= 4 is 15.9 Å². The zero-order valence-electron chi connectivity index (χ0n) is 9.24. The predicted molar refractivity (Wildman–Crippen MR) is 62.6 cm³/mol. The minimum atomic E-state index is 0.115. The second-order valence-electron chi connectivity index (χ2n) is 4.45. The number of halogens is 1. The van der Waals surface area contributed by atoms with Crippen LogP contribution in [0.5, 0.6) is 0 Å². The molecule has 0 spiro atoms. The van der Waals surface area contributed by atoms with Crippen LogP contribution in [0.25, 0.3) is 0 Å².